The quantitative estimate of drug-likeness (QED) is 0.698. The Morgan fingerprint density at radius 3 is 2.72 bits per heavy atom. The van der Waals surface area contributed by atoms with Crippen molar-refractivity contribution in [3.05, 3.63) is 47.4 Å². The Balaban J connectivity index is 1.31. The fourth-order valence-corrected chi connectivity index (χ4v) is 4.70. The maximum atomic E-state index is 12.8. The number of carbonyl (C=O) groups is 2. The Hall–Kier alpha value is -2.96. The van der Waals surface area contributed by atoms with Gasteiger partial charge in [-0.25, -0.2) is 9.97 Å². The number of hydrogen-bond donors (Lipinski definition) is 0. The Bertz CT molecular complexity index is 1010. The molecule has 3 heterocycles. The molecule has 2 aromatic rings. The van der Waals surface area contributed by atoms with Crippen molar-refractivity contribution in [2.75, 3.05) is 31.1 Å². The molecule has 0 radical (unpaired) electrons. The number of fused-ring (bicyclic) bond motifs is 1. The summed E-state index contributed by atoms with van der Waals surface area (Å²) in [6.07, 6.45) is 5.50. The van der Waals surface area contributed by atoms with Crippen LogP contribution in [0.3, 0.4) is 0 Å². The molecule has 1 aliphatic carbocycles. The summed E-state index contributed by atoms with van der Waals surface area (Å²) >= 11 is 0. The zero-order chi connectivity index (χ0) is 22.1. The second-order valence-corrected chi connectivity index (χ2v) is 9.20. The monoisotopic (exact) mass is 434 g/mol. The number of likely N-dealkylation sites (tertiary alicyclic amines) is 1. The highest BCUT2D eigenvalue weighted by Gasteiger charge is 2.34. The highest BCUT2D eigenvalue weighted by atomic mass is 16.5. The number of hydrogen-bond acceptors (Lipinski definition) is 5. The van der Waals surface area contributed by atoms with Crippen molar-refractivity contribution in [3.8, 4) is 5.75 Å². The first-order valence-electron chi connectivity index (χ1n) is 11.7. The number of carbonyl (C=O) groups excluding carboxylic acids is 2. The molecule has 1 atom stereocenters. The predicted octanol–water partition coefficient (Wildman–Crippen LogP) is 3.26. The summed E-state index contributed by atoms with van der Waals surface area (Å²) in [4.78, 5) is 38.9. The third kappa shape index (κ3) is 4.47. The van der Waals surface area contributed by atoms with Crippen molar-refractivity contribution in [2.24, 2.45) is 5.92 Å². The summed E-state index contributed by atoms with van der Waals surface area (Å²) in [6.45, 7) is 4.14. The van der Waals surface area contributed by atoms with E-state index in [9.17, 15) is 9.59 Å². The van der Waals surface area contributed by atoms with Crippen LogP contribution in [0.1, 0.15) is 55.1 Å². The lowest BCUT2D eigenvalue weighted by molar-refractivity contribution is -0.134. The van der Waals surface area contributed by atoms with E-state index in [4.69, 9.17) is 14.7 Å². The van der Waals surface area contributed by atoms with Crippen LogP contribution in [-0.2, 0) is 16.0 Å². The van der Waals surface area contributed by atoms with Crippen LogP contribution in [-0.4, -0.2) is 52.9 Å². The lowest BCUT2D eigenvalue weighted by atomic mass is 9.96. The average Bonchev–Trinajstić information content (AvgIpc) is 3.64. The number of para-hydroxylation sites is 1. The predicted molar refractivity (Wildman–Crippen MR) is 121 cm³/mol. The molecular formula is C25H30N4O3. The minimum absolute atomic E-state index is 0.0150. The molecule has 168 valence electrons. The zero-order valence-electron chi connectivity index (χ0n) is 18.6. The van der Waals surface area contributed by atoms with Crippen LogP contribution in [0.4, 0.5) is 5.82 Å². The lowest BCUT2D eigenvalue weighted by Gasteiger charge is -2.34. The summed E-state index contributed by atoms with van der Waals surface area (Å²) in [5.41, 5.74) is 2.07. The van der Waals surface area contributed by atoms with Gasteiger partial charge in [0, 0.05) is 43.2 Å². The van der Waals surface area contributed by atoms with Gasteiger partial charge < -0.3 is 9.64 Å². The van der Waals surface area contributed by atoms with E-state index in [2.05, 4.69) is 0 Å². The highest BCUT2D eigenvalue weighted by Crippen LogP contribution is 2.36. The second-order valence-electron chi connectivity index (χ2n) is 9.20. The van der Waals surface area contributed by atoms with Gasteiger partial charge in [0.1, 0.15) is 17.4 Å². The Morgan fingerprint density at radius 1 is 1.12 bits per heavy atom. The molecule has 0 bridgehead atoms. The van der Waals surface area contributed by atoms with E-state index < -0.39 is 0 Å². The molecule has 2 amide bonds. The highest BCUT2D eigenvalue weighted by molar-refractivity contribution is 5.95. The van der Waals surface area contributed by atoms with Crippen molar-refractivity contribution in [2.45, 2.75) is 51.4 Å². The number of aryl methyl sites for hydroxylation is 1. The molecular weight excluding hydrogens is 404 g/mol. The number of anilines is 1. The molecule has 7 nitrogen and oxygen atoms in total. The molecule has 2 aliphatic heterocycles. The van der Waals surface area contributed by atoms with Gasteiger partial charge in [-0.3, -0.25) is 14.5 Å². The van der Waals surface area contributed by atoms with E-state index in [0.717, 1.165) is 48.8 Å². The van der Waals surface area contributed by atoms with Crippen LogP contribution >= 0.6 is 0 Å². The van der Waals surface area contributed by atoms with Crippen LogP contribution in [0.25, 0.3) is 0 Å². The molecule has 1 saturated heterocycles. The van der Waals surface area contributed by atoms with Crippen molar-refractivity contribution < 1.29 is 14.3 Å². The van der Waals surface area contributed by atoms with Gasteiger partial charge in [-0.05, 0) is 57.1 Å². The van der Waals surface area contributed by atoms with E-state index >= 15 is 0 Å². The van der Waals surface area contributed by atoms with Crippen LogP contribution in [0.5, 0.6) is 5.75 Å². The van der Waals surface area contributed by atoms with Crippen molar-refractivity contribution in [3.63, 3.8) is 0 Å². The van der Waals surface area contributed by atoms with Gasteiger partial charge in [0.05, 0.1) is 0 Å². The number of amides is 2. The van der Waals surface area contributed by atoms with Gasteiger partial charge in [-0.15, -0.1) is 0 Å². The summed E-state index contributed by atoms with van der Waals surface area (Å²) in [6, 6.07) is 9.41. The van der Waals surface area contributed by atoms with Crippen LogP contribution in [0.2, 0.25) is 0 Å². The molecule has 1 aromatic heterocycles. The van der Waals surface area contributed by atoms with Crippen LogP contribution in [0, 0.1) is 12.8 Å². The number of rotatable bonds is 6. The smallest absolute Gasteiger partial charge is 0.260 e. The maximum Gasteiger partial charge on any atom is 0.260 e. The fraction of sp³-hybridized carbons (Fsp3) is 0.520. The number of benzene rings is 1. The Labute approximate surface area is 188 Å². The molecule has 0 N–H and O–H groups in total. The molecule has 0 unspecified atom stereocenters. The summed E-state index contributed by atoms with van der Waals surface area (Å²) in [7, 11) is 0. The van der Waals surface area contributed by atoms with Gasteiger partial charge in [0.15, 0.2) is 6.61 Å². The number of ether oxygens (including phenoxy) is 1. The summed E-state index contributed by atoms with van der Waals surface area (Å²) < 4.78 is 5.66. The Kier molecular flexibility index (Phi) is 5.81. The lowest BCUT2D eigenvalue weighted by Crippen LogP contribution is -2.42. The minimum atomic E-state index is -0.0150. The number of nitrogens with zero attached hydrogens (tertiary/aromatic N) is 4. The SMILES string of the molecule is Cc1nc([C@@H]2CCCN(C(=O)COc3ccccc3)C2)nc2c1CCC(=O)N2CC1CC1. The number of piperidine rings is 1. The van der Waals surface area contributed by atoms with E-state index in [1.807, 2.05) is 47.1 Å². The van der Waals surface area contributed by atoms with Gasteiger partial charge in [0.25, 0.3) is 5.91 Å². The topological polar surface area (TPSA) is 75.6 Å². The molecule has 1 saturated carbocycles. The molecule has 2 fully saturated rings. The molecule has 1 aromatic carbocycles. The van der Waals surface area contributed by atoms with E-state index in [1.54, 1.807) is 0 Å². The average molecular weight is 435 g/mol. The summed E-state index contributed by atoms with van der Waals surface area (Å²) in [5.74, 6) is 3.11. The number of aromatic nitrogens is 2. The normalized spacial score (nSPS) is 20.8. The first-order valence-corrected chi connectivity index (χ1v) is 11.7. The third-order valence-corrected chi connectivity index (χ3v) is 6.74. The third-order valence-electron chi connectivity index (χ3n) is 6.74. The first-order chi connectivity index (χ1) is 15.6. The molecule has 0 spiro atoms. The van der Waals surface area contributed by atoms with Crippen LogP contribution < -0.4 is 9.64 Å². The van der Waals surface area contributed by atoms with Gasteiger partial charge in [-0.1, -0.05) is 18.2 Å². The van der Waals surface area contributed by atoms with Gasteiger partial charge in [-0.2, -0.15) is 0 Å². The van der Waals surface area contributed by atoms with E-state index in [-0.39, 0.29) is 24.3 Å². The van der Waals surface area contributed by atoms with E-state index in [0.29, 0.717) is 31.1 Å². The molecule has 7 heteroatoms. The standard InChI is InChI=1S/C25H30N4O3/c1-17-21-11-12-22(30)29(14-18-9-10-18)25(21)27-24(26-17)19-6-5-13-28(15-19)23(31)16-32-20-7-3-2-4-8-20/h2-4,7-8,18-19H,5-6,9-16H2,1H3/t19-/m1/s1. The summed E-state index contributed by atoms with van der Waals surface area (Å²) in [5, 5.41) is 0. The molecule has 5 rings (SSSR count). The minimum Gasteiger partial charge on any atom is -0.484 e. The van der Waals surface area contributed by atoms with E-state index in [1.165, 1.54) is 12.8 Å². The largest absolute Gasteiger partial charge is 0.484 e. The zero-order valence-corrected chi connectivity index (χ0v) is 18.6. The van der Waals surface area contributed by atoms with Gasteiger partial charge in [0.2, 0.25) is 5.91 Å². The van der Waals surface area contributed by atoms with Crippen molar-refractivity contribution in [1.29, 1.82) is 0 Å². The van der Waals surface area contributed by atoms with Crippen LogP contribution in [0.15, 0.2) is 30.3 Å². The second kappa shape index (κ2) is 8.88. The van der Waals surface area contributed by atoms with Gasteiger partial charge >= 0.3 is 0 Å². The van der Waals surface area contributed by atoms with Crippen molar-refractivity contribution in [1.82, 2.24) is 14.9 Å². The molecule has 3 aliphatic rings. The van der Waals surface area contributed by atoms with Crippen molar-refractivity contribution >= 4 is 17.6 Å². The first kappa shape index (κ1) is 20.9. The maximum absolute atomic E-state index is 12.8. The molecule has 32 heavy (non-hydrogen) atoms. The Morgan fingerprint density at radius 2 is 1.94 bits per heavy atom. The fourth-order valence-electron chi connectivity index (χ4n) is 4.70.